The summed E-state index contributed by atoms with van der Waals surface area (Å²) in [7, 11) is 0. The van der Waals surface area contributed by atoms with Gasteiger partial charge in [0.2, 0.25) is 0 Å². The van der Waals surface area contributed by atoms with Crippen molar-refractivity contribution < 1.29 is 4.74 Å². The van der Waals surface area contributed by atoms with Crippen LogP contribution in [0.25, 0.3) is 0 Å². The molecule has 70 valence electrons. The minimum atomic E-state index is 0.356. The molecule has 2 fully saturated rings. The maximum atomic E-state index is 5.37. The molecule has 0 radical (unpaired) electrons. The number of hydrogen-bond acceptors (Lipinski definition) is 3. The maximum Gasteiger partial charge on any atom is 0.0484 e. The molecule has 2 saturated heterocycles. The van der Waals surface area contributed by atoms with Gasteiger partial charge in [-0.25, -0.2) is 0 Å². The summed E-state index contributed by atoms with van der Waals surface area (Å²) in [6.45, 7) is 5.29. The molecule has 0 unspecified atom stereocenters. The number of hydrogen-bond donors (Lipinski definition) is 2. The lowest BCUT2D eigenvalue weighted by molar-refractivity contribution is 0.0411. The minimum absolute atomic E-state index is 0.356. The van der Waals surface area contributed by atoms with Crippen LogP contribution >= 0.6 is 0 Å². The van der Waals surface area contributed by atoms with Gasteiger partial charge in [-0.3, -0.25) is 0 Å². The van der Waals surface area contributed by atoms with E-state index in [2.05, 4.69) is 10.6 Å². The van der Waals surface area contributed by atoms with E-state index >= 15 is 0 Å². The van der Waals surface area contributed by atoms with Crippen LogP contribution in [0.3, 0.4) is 0 Å². The number of nitrogens with one attached hydrogen (secondary N) is 2. The van der Waals surface area contributed by atoms with E-state index in [0.717, 1.165) is 32.8 Å². The second-order valence-corrected chi connectivity index (χ2v) is 3.85. The zero-order valence-electron chi connectivity index (χ0n) is 7.57. The average Bonchev–Trinajstić information content (AvgIpc) is 2.33. The molecule has 12 heavy (non-hydrogen) atoms. The smallest absolute Gasteiger partial charge is 0.0484 e. The normalized spacial score (nSPS) is 30.0. The summed E-state index contributed by atoms with van der Waals surface area (Å²) in [6.07, 6.45) is 3.59. The summed E-state index contributed by atoms with van der Waals surface area (Å²) < 4.78 is 5.37. The third-order valence-corrected chi connectivity index (χ3v) is 2.94. The summed E-state index contributed by atoms with van der Waals surface area (Å²) in [5, 5.41) is 7.14. The highest BCUT2D eigenvalue weighted by atomic mass is 16.5. The fourth-order valence-electron chi connectivity index (χ4n) is 2.07. The van der Waals surface area contributed by atoms with Gasteiger partial charge in [-0.1, -0.05) is 0 Å². The zero-order valence-corrected chi connectivity index (χ0v) is 7.57. The van der Waals surface area contributed by atoms with Crippen molar-refractivity contribution in [2.24, 2.45) is 0 Å². The van der Waals surface area contributed by atoms with Crippen molar-refractivity contribution >= 4 is 0 Å². The predicted molar refractivity (Wildman–Crippen MR) is 48.3 cm³/mol. The molecule has 0 bridgehead atoms. The molecule has 0 aromatic rings. The van der Waals surface area contributed by atoms with Crippen LogP contribution in [0.2, 0.25) is 0 Å². The third-order valence-electron chi connectivity index (χ3n) is 2.94. The van der Waals surface area contributed by atoms with Gasteiger partial charge in [0, 0.05) is 25.3 Å². The molecule has 0 amide bonds. The largest absolute Gasteiger partial charge is 0.381 e. The first kappa shape index (κ1) is 8.48. The molecule has 3 heteroatoms. The van der Waals surface area contributed by atoms with E-state index in [4.69, 9.17) is 4.74 Å². The molecule has 2 aliphatic heterocycles. The van der Waals surface area contributed by atoms with Gasteiger partial charge in [0.25, 0.3) is 0 Å². The van der Waals surface area contributed by atoms with E-state index in [0.29, 0.717) is 5.54 Å². The predicted octanol–water partition coefficient (Wildman–Crippen LogP) is 0.118. The molecule has 2 rings (SSSR count). The second-order valence-electron chi connectivity index (χ2n) is 3.85. The summed E-state index contributed by atoms with van der Waals surface area (Å²) in [6, 6.07) is 0. The van der Waals surface area contributed by atoms with Gasteiger partial charge in [-0.15, -0.1) is 0 Å². The lowest BCUT2D eigenvalue weighted by atomic mass is 9.90. The van der Waals surface area contributed by atoms with Crippen LogP contribution in [0, 0.1) is 0 Å². The molecule has 2 heterocycles. The monoisotopic (exact) mass is 170 g/mol. The fourth-order valence-corrected chi connectivity index (χ4v) is 2.07. The van der Waals surface area contributed by atoms with Crippen molar-refractivity contribution in [1.29, 1.82) is 0 Å². The van der Waals surface area contributed by atoms with Gasteiger partial charge in [0.05, 0.1) is 0 Å². The molecular weight excluding hydrogens is 152 g/mol. The standard InChI is InChI=1S/C9H18N2O/c1-4-10-8-9(11-5-1)2-6-12-7-3-9/h10-11H,1-8H2. The molecule has 1 spiro atoms. The van der Waals surface area contributed by atoms with E-state index in [1.807, 2.05) is 0 Å². The lowest BCUT2D eigenvalue weighted by Crippen LogP contribution is -2.53. The molecule has 2 aliphatic rings. The minimum Gasteiger partial charge on any atom is -0.381 e. The first-order valence-corrected chi connectivity index (χ1v) is 4.95. The van der Waals surface area contributed by atoms with Gasteiger partial charge >= 0.3 is 0 Å². The zero-order chi connectivity index (χ0) is 8.28. The van der Waals surface area contributed by atoms with Crippen molar-refractivity contribution in [3.63, 3.8) is 0 Å². The van der Waals surface area contributed by atoms with E-state index in [9.17, 15) is 0 Å². The summed E-state index contributed by atoms with van der Waals surface area (Å²) in [4.78, 5) is 0. The molecule has 2 N–H and O–H groups in total. The van der Waals surface area contributed by atoms with Crippen molar-refractivity contribution in [3.05, 3.63) is 0 Å². The third kappa shape index (κ3) is 1.79. The Labute approximate surface area is 73.9 Å². The van der Waals surface area contributed by atoms with Crippen LogP contribution in [0.1, 0.15) is 19.3 Å². The Kier molecular flexibility index (Phi) is 2.63. The maximum absolute atomic E-state index is 5.37. The lowest BCUT2D eigenvalue weighted by Gasteiger charge is -2.37. The Morgan fingerprint density at radius 2 is 1.92 bits per heavy atom. The Balaban J connectivity index is 1.95. The van der Waals surface area contributed by atoms with Crippen LogP contribution in [-0.4, -0.2) is 38.4 Å². The first-order valence-electron chi connectivity index (χ1n) is 4.95. The fraction of sp³-hybridized carbons (Fsp3) is 1.00. The second kappa shape index (κ2) is 3.73. The van der Waals surface area contributed by atoms with Gasteiger partial charge < -0.3 is 15.4 Å². The van der Waals surface area contributed by atoms with Crippen molar-refractivity contribution in [2.45, 2.75) is 24.8 Å². The van der Waals surface area contributed by atoms with E-state index in [-0.39, 0.29) is 0 Å². The Morgan fingerprint density at radius 1 is 1.08 bits per heavy atom. The van der Waals surface area contributed by atoms with Crippen molar-refractivity contribution in [1.82, 2.24) is 10.6 Å². The van der Waals surface area contributed by atoms with Crippen LogP contribution in [0.4, 0.5) is 0 Å². The Hall–Kier alpha value is -0.120. The van der Waals surface area contributed by atoms with Crippen molar-refractivity contribution in [2.75, 3.05) is 32.8 Å². The number of rotatable bonds is 0. The van der Waals surface area contributed by atoms with Crippen LogP contribution < -0.4 is 10.6 Å². The van der Waals surface area contributed by atoms with E-state index in [1.54, 1.807) is 0 Å². The summed E-state index contributed by atoms with van der Waals surface area (Å²) in [5.74, 6) is 0. The highest BCUT2D eigenvalue weighted by Crippen LogP contribution is 2.20. The van der Waals surface area contributed by atoms with Gasteiger partial charge in [-0.05, 0) is 32.4 Å². The molecule has 3 nitrogen and oxygen atoms in total. The molecule has 0 atom stereocenters. The van der Waals surface area contributed by atoms with Crippen LogP contribution in [0.15, 0.2) is 0 Å². The molecule has 0 aliphatic carbocycles. The Morgan fingerprint density at radius 3 is 2.75 bits per heavy atom. The molecule has 0 aromatic heterocycles. The highest BCUT2D eigenvalue weighted by Gasteiger charge is 2.32. The molecule has 0 saturated carbocycles. The Bertz CT molecular complexity index is 133. The van der Waals surface area contributed by atoms with Gasteiger partial charge in [0.1, 0.15) is 0 Å². The van der Waals surface area contributed by atoms with E-state index in [1.165, 1.54) is 19.3 Å². The first-order chi connectivity index (χ1) is 5.91. The average molecular weight is 170 g/mol. The topological polar surface area (TPSA) is 33.3 Å². The highest BCUT2D eigenvalue weighted by molar-refractivity contribution is 4.93. The van der Waals surface area contributed by atoms with Crippen LogP contribution in [-0.2, 0) is 4.74 Å². The van der Waals surface area contributed by atoms with Gasteiger partial charge in [-0.2, -0.15) is 0 Å². The molecule has 0 aromatic carbocycles. The van der Waals surface area contributed by atoms with Crippen molar-refractivity contribution in [3.8, 4) is 0 Å². The number of ether oxygens (including phenoxy) is 1. The van der Waals surface area contributed by atoms with E-state index < -0.39 is 0 Å². The molecular formula is C9H18N2O. The summed E-state index contributed by atoms with van der Waals surface area (Å²) >= 11 is 0. The SMILES string of the molecule is C1CNCC2(CCOCC2)NC1. The van der Waals surface area contributed by atoms with Gasteiger partial charge in [0.15, 0.2) is 0 Å². The summed E-state index contributed by atoms with van der Waals surface area (Å²) in [5.41, 5.74) is 0.356. The van der Waals surface area contributed by atoms with Crippen LogP contribution in [0.5, 0.6) is 0 Å². The quantitative estimate of drug-likeness (QED) is 0.542.